The second-order valence-corrected chi connectivity index (χ2v) is 4.64. The Hall–Kier alpha value is -1.79. The lowest BCUT2D eigenvalue weighted by molar-refractivity contribution is 0.0953. The van der Waals surface area contributed by atoms with E-state index in [4.69, 9.17) is 10.3 Å². The van der Waals surface area contributed by atoms with Gasteiger partial charge in [0.05, 0.1) is 5.69 Å². The highest BCUT2D eigenvalue weighted by molar-refractivity contribution is 7.98. The van der Waals surface area contributed by atoms with Crippen LogP contribution in [0.5, 0.6) is 0 Å². The molecule has 0 radical (unpaired) electrons. The first kappa shape index (κ1) is 12.7. The van der Waals surface area contributed by atoms with Gasteiger partial charge in [-0.3, -0.25) is 10.2 Å². The molecule has 94 valence electrons. The Morgan fingerprint density at radius 3 is 2.72 bits per heavy atom. The number of aromatic nitrogens is 1. The number of rotatable bonds is 4. The Morgan fingerprint density at radius 1 is 1.44 bits per heavy atom. The molecular formula is C12H13N3O2S. The Labute approximate surface area is 109 Å². The van der Waals surface area contributed by atoms with Gasteiger partial charge in [0.25, 0.3) is 11.1 Å². The summed E-state index contributed by atoms with van der Waals surface area (Å²) in [6.07, 6.45) is 1.62. The van der Waals surface area contributed by atoms with Crippen molar-refractivity contribution in [3.8, 4) is 0 Å². The summed E-state index contributed by atoms with van der Waals surface area (Å²) in [5.74, 6) is 5.50. The van der Waals surface area contributed by atoms with Gasteiger partial charge in [0.2, 0.25) is 0 Å². The highest BCUT2D eigenvalue weighted by Gasteiger charge is 2.05. The first-order chi connectivity index (χ1) is 8.69. The van der Waals surface area contributed by atoms with E-state index < -0.39 is 0 Å². The van der Waals surface area contributed by atoms with Gasteiger partial charge in [-0.2, -0.15) is 0 Å². The van der Waals surface area contributed by atoms with Crippen LogP contribution in [0.4, 0.5) is 0 Å². The fourth-order valence-electron chi connectivity index (χ4n) is 1.38. The maximum absolute atomic E-state index is 11.2. The highest BCUT2D eigenvalue weighted by atomic mass is 32.2. The zero-order chi connectivity index (χ0) is 13.0. The summed E-state index contributed by atoms with van der Waals surface area (Å²) in [5, 5.41) is 0.649. The van der Waals surface area contributed by atoms with Gasteiger partial charge < -0.3 is 4.42 Å². The number of thioether (sulfide) groups is 1. The van der Waals surface area contributed by atoms with Crippen LogP contribution in [0.25, 0.3) is 0 Å². The average Bonchev–Trinajstić information content (AvgIpc) is 2.82. The van der Waals surface area contributed by atoms with Crippen LogP contribution in [0.2, 0.25) is 0 Å². The number of hydrogen-bond donors (Lipinski definition) is 2. The normalized spacial score (nSPS) is 10.3. The van der Waals surface area contributed by atoms with E-state index >= 15 is 0 Å². The molecule has 0 saturated heterocycles. The maximum Gasteiger partial charge on any atom is 0.265 e. The zero-order valence-corrected chi connectivity index (χ0v) is 10.7. The van der Waals surface area contributed by atoms with Gasteiger partial charge in [-0.25, -0.2) is 10.8 Å². The number of hydrazine groups is 1. The number of oxazole rings is 1. The van der Waals surface area contributed by atoms with E-state index in [1.54, 1.807) is 18.4 Å². The van der Waals surface area contributed by atoms with Gasteiger partial charge in [-0.1, -0.05) is 23.9 Å². The quantitative estimate of drug-likeness (QED) is 0.381. The molecule has 2 aromatic rings. The highest BCUT2D eigenvalue weighted by Crippen LogP contribution is 2.21. The molecule has 0 unspecified atom stereocenters. The van der Waals surface area contributed by atoms with Crippen molar-refractivity contribution < 1.29 is 9.21 Å². The van der Waals surface area contributed by atoms with Crippen molar-refractivity contribution in [2.45, 2.75) is 17.9 Å². The second kappa shape index (κ2) is 5.70. The Bertz CT molecular complexity index is 537. The lowest BCUT2D eigenvalue weighted by atomic mass is 10.1. The molecule has 18 heavy (non-hydrogen) atoms. The number of nitrogens with zero attached hydrogens (tertiary/aromatic N) is 1. The number of benzene rings is 1. The molecule has 6 heteroatoms. The number of carbonyl (C=O) groups excluding carboxylic acids is 1. The van der Waals surface area contributed by atoms with Gasteiger partial charge in [-0.15, -0.1) is 0 Å². The van der Waals surface area contributed by atoms with Crippen LogP contribution in [0, 0.1) is 6.92 Å². The van der Waals surface area contributed by atoms with Crippen molar-refractivity contribution in [1.82, 2.24) is 10.4 Å². The molecule has 0 aliphatic heterocycles. The molecule has 0 spiro atoms. The van der Waals surface area contributed by atoms with Gasteiger partial charge in [0.1, 0.15) is 6.26 Å². The second-order valence-electron chi connectivity index (χ2n) is 3.71. The number of nitrogens with two attached hydrogens (primary N) is 1. The Morgan fingerprint density at radius 2 is 2.17 bits per heavy atom. The molecule has 3 N–H and O–H groups in total. The molecule has 0 aliphatic rings. The number of aryl methyl sites for hydroxylation is 1. The SMILES string of the molecule is Cc1coc(SCc2ccc(C(=O)NN)cc2)n1. The molecule has 1 aromatic carbocycles. The third kappa shape index (κ3) is 3.12. The number of carbonyl (C=O) groups is 1. The van der Waals surface area contributed by atoms with Crippen LogP contribution < -0.4 is 11.3 Å². The molecule has 0 bridgehead atoms. The summed E-state index contributed by atoms with van der Waals surface area (Å²) in [6.45, 7) is 1.88. The maximum atomic E-state index is 11.2. The number of nitrogens with one attached hydrogen (secondary N) is 1. The van der Waals surface area contributed by atoms with Crippen molar-refractivity contribution >= 4 is 17.7 Å². The van der Waals surface area contributed by atoms with Crippen LogP contribution in [0.15, 0.2) is 40.2 Å². The number of amides is 1. The Balaban J connectivity index is 1.96. The molecule has 5 nitrogen and oxygen atoms in total. The molecule has 0 atom stereocenters. The minimum atomic E-state index is -0.294. The predicted molar refractivity (Wildman–Crippen MR) is 68.9 cm³/mol. The molecule has 1 amide bonds. The molecule has 2 rings (SSSR count). The summed E-state index contributed by atoms with van der Waals surface area (Å²) < 4.78 is 5.24. The molecule has 0 saturated carbocycles. The third-order valence-corrected chi connectivity index (χ3v) is 3.22. The fraction of sp³-hybridized carbons (Fsp3) is 0.167. The van der Waals surface area contributed by atoms with E-state index in [0.29, 0.717) is 10.8 Å². The monoisotopic (exact) mass is 263 g/mol. The van der Waals surface area contributed by atoms with Crippen molar-refractivity contribution in [2.75, 3.05) is 0 Å². The van der Waals surface area contributed by atoms with E-state index in [1.165, 1.54) is 11.8 Å². The summed E-state index contributed by atoms with van der Waals surface area (Å²) in [5.41, 5.74) is 4.59. The van der Waals surface area contributed by atoms with Gasteiger partial charge in [0.15, 0.2) is 0 Å². The topological polar surface area (TPSA) is 81.2 Å². The molecular weight excluding hydrogens is 250 g/mol. The lowest BCUT2D eigenvalue weighted by Gasteiger charge is -2.01. The average molecular weight is 263 g/mol. The van der Waals surface area contributed by atoms with E-state index in [0.717, 1.165) is 17.0 Å². The smallest absolute Gasteiger partial charge is 0.265 e. The van der Waals surface area contributed by atoms with Crippen LogP contribution in [-0.2, 0) is 5.75 Å². The summed E-state index contributed by atoms with van der Waals surface area (Å²) >= 11 is 1.51. The zero-order valence-electron chi connectivity index (χ0n) is 9.84. The molecule has 0 fully saturated rings. The van der Waals surface area contributed by atoms with Crippen LogP contribution in [0.1, 0.15) is 21.6 Å². The minimum Gasteiger partial charge on any atom is -0.440 e. The van der Waals surface area contributed by atoms with Crippen LogP contribution in [0.3, 0.4) is 0 Å². The van der Waals surface area contributed by atoms with Gasteiger partial charge in [-0.05, 0) is 24.6 Å². The van der Waals surface area contributed by atoms with E-state index in [-0.39, 0.29) is 5.91 Å². The number of hydrogen-bond acceptors (Lipinski definition) is 5. The van der Waals surface area contributed by atoms with E-state index in [9.17, 15) is 4.79 Å². The summed E-state index contributed by atoms with van der Waals surface area (Å²) in [7, 11) is 0. The Kier molecular flexibility index (Phi) is 4.01. The standard InChI is InChI=1S/C12H13N3O2S/c1-8-6-17-12(14-8)18-7-9-2-4-10(5-3-9)11(16)15-13/h2-6H,7,13H2,1H3,(H,15,16). The van der Waals surface area contributed by atoms with Crippen molar-refractivity contribution in [1.29, 1.82) is 0 Å². The van der Waals surface area contributed by atoms with Crippen LogP contribution in [-0.4, -0.2) is 10.9 Å². The first-order valence-electron chi connectivity index (χ1n) is 5.34. The van der Waals surface area contributed by atoms with Gasteiger partial charge >= 0.3 is 0 Å². The number of nitrogen functional groups attached to an aromatic ring is 1. The molecule has 1 heterocycles. The van der Waals surface area contributed by atoms with E-state index in [2.05, 4.69) is 10.4 Å². The largest absolute Gasteiger partial charge is 0.440 e. The molecule has 0 aliphatic carbocycles. The third-order valence-electron chi connectivity index (χ3n) is 2.31. The van der Waals surface area contributed by atoms with Crippen LogP contribution >= 0.6 is 11.8 Å². The summed E-state index contributed by atoms with van der Waals surface area (Å²) in [4.78, 5) is 15.4. The van der Waals surface area contributed by atoms with Crippen molar-refractivity contribution in [3.63, 3.8) is 0 Å². The van der Waals surface area contributed by atoms with Crippen molar-refractivity contribution in [2.24, 2.45) is 5.84 Å². The fourth-order valence-corrected chi connectivity index (χ4v) is 2.19. The van der Waals surface area contributed by atoms with Gasteiger partial charge in [0, 0.05) is 11.3 Å². The summed E-state index contributed by atoms with van der Waals surface area (Å²) in [6, 6.07) is 7.23. The first-order valence-corrected chi connectivity index (χ1v) is 6.32. The van der Waals surface area contributed by atoms with Crippen molar-refractivity contribution in [3.05, 3.63) is 47.3 Å². The molecule has 1 aromatic heterocycles. The van der Waals surface area contributed by atoms with E-state index in [1.807, 2.05) is 19.1 Å². The lowest BCUT2D eigenvalue weighted by Crippen LogP contribution is -2.29. The minimum absolute atomic E-state index is 0.294. The predicted octanol–water partition coefficient (Wildman–Crippen LogP) is 1.88.